The van der Waals surface area contributed by atoms with Gasteiger partial charge in [-0.05, 0) is 43.3 Å². The standard InChI is InChI=1S/C15H17FN2O/c1-2-19-12-8-6-11(7-9-12)18-15-5-3-4-14(16)13(15)10-17/h3-9,18H,2,10,17H2,1H3. The van der Waals surface area contributed by atoms with Gasteiger partial charge in [-0.1, -0.05) is 6.07 Å². The second-order valence-electron chi connectivity index (χ2n) is 4.05. The maximum Gasteiger partial charge on any atom is 0.129 e. The second kappa shape index (κ2) is 6.20. The minimum atomic E-state index is -0.293. The van der Waals surface area contributed by atoms with Crippen LogP contribution in [-0.4, -0.2) is 6.61 Å². The number of benzene rings is 2. The van der Waals surface area contributed by atoms with Crippen LogP contribution in [0.4, 0.5) is 15.8 Å². The van der Waals surface area contributed by atoms with E-state index in [0.717, 1.165) is 11.4 Å². The zero-order chi connectivity index (χ0) is 13.7. The molecule has 0 aromatic heterocycles. The first kappa shape index (κ1) is 13.4. The fourth-order valence-electron chi connectivity index (χ4n) is 1.84. The molecule has 0 aliphatic rings. The molecule has 0 aliphatic heterocycles. The fourth-order valence-corrected chi connectivity index (χ4v) is 1.84. The number of hydrogen-bond donors (Lipinski definition) is 2. The molecule has 19 heavy (non-hydrogen) atoms. The van der Waals surface area contributed by atoms with Crippen LogP contribution in [0, 0.1) is 5.82 Å². The van der Waals surface area contributed by atoms with Crippen molar-refractivity contribution in [1.29, 1.82) is 0 Å². The second-order valence-corrected chi connectivity index (χ2v) is 4.05. The lowest BCUT2D eigenvalue weighted by Crippen LogP contribution is -2.04. The van der Waals surface area contributed by atoms with Crippen LogP contribution in [-0.2, 0) is 6.54 Å². The van der Waals surface area contributed by atoms with Crippen LogP contribution < -0.4 is 15.8 Å². The Balaban J connectivity index is 2.19. The number of anilines is 2. The van der Waals surface area contributed by atoms with Gasteiger partial charge < -0.3 is 15.8 Å². The van der Waals surface area contributed by atoms with E-state index in [1.165, 1.54) is 6.07 Å². The molecule has 0 fully saturated rings. The number of ether oxygens (including phenoxy) is 1. The van der Waals surface area contributed by atoms with E-state index < -0.39 is 0 Å². The summed E-state index contributed by atoms with van der Waals surface area (Å²) in [6.07, 6.45) is 0. The first-order valence-corrected chi connectivity index (χ1v) is 6.22. The van der Waals surface area contributed by atoms with Crippen molar-refractivity contribution in [3.05, 3.63) is 53.8 Å². The predicted octanol–water partition coefficient (Wildman–Crippen LogP) is 3.43. The molecule has 0 radical (unpaired) electrons. The first-order chi connectivity index (χ1) is 9.24. The third kappa shape index (κ3) is 3.23. The minimum absolute atomic E-state index is 0.159. The quantitative estimate of drug-likeness (QED) is 0.865. The molecular weight excluding hydrogens is 243 g/mol. The van der Waals surface area contributed by atoms with Crippen LogP contribution >= 0.6 is 0 Å². The van der Waals surface area contributed by atoms with Gasteiger partial charge in [0.2, 0.25) is 0 Å². The summed E-state index contributed by atoms with van der Waals surface area (Å²) in [5.74, 6) is 0.518. The van der Waals surface area contributed by atoms with Crippen molar-refractivity contribution in [1.82, 2.24) is 0 Å². The van der Waals surface area contributed by atoms with Crippen molar-refractivity contribution in [2.24, 2.45) is 5.73 Å². The van der Waals surface area contributed by atoms with Crippen LogP contribution in [0.2, 0.25) is 0 Å². The van der Waals surface area contributed by atoms with Crippen molar-refractivity contribution >= 4 is 11.4 Å². The van der Waals surface area contributed by atoms with Gasteiger partial charge in [0, 0.05) is 23.5 Å². The van der Waals surface area contributed by atoms with Crippen molar-refractivity contribution < 1.29 is 9.13 Å². The van der Waals surface area contributed by atoms with Crippen LogP contribution in [0.25, 0.3) is 0 Å². The van der Waals surface area contributed by atoms with Crippen molar-refractivity contribution in [2.45, 2.75) is 13.5 Å². The Hall–Kier alpha value is -2.07. The Bertz CT molecular complexity index is 540. The van der Waals surface area contributed by atoms with Gasteiger partial charge in [0.05, 0.1) is 6.61 Å². The highest BCUT2D eigenvalue weighted by atomic mass is 19.1. The lowest BCUT2D eigenvalue weighted by molar-refractivity contribution is 0.340. The lowest BCUT2D eigenvalue weighted by Gasteiger charge is -2.12. The topological polar surface area (TPSA) is 47.3 Å². The predicted molar refractivity (Wildman–Crippen MR) is 75.2 cm³/mol. The van der Waals surface area contributed by atoms with E-state index in [4.69, 9.17) is 10.5 Å². The van der Waals surface area contributed by atoms with Crippen molar-refractivity contribution in [2.75, 3.05) is 11.9 Å². The highest BCUT2D eigenvalue weighted by Crippen LogP contribution is 2.24. The Labute approximate surface area is 112 Å². The van der Waals surface area contributed by atoms with Gasteiger partial charge >= 0.3 is 0 Å². The number of nitrogens with one attached hydrogen (secondary N) is 1. The molecule has 4 heteroatoms. The molecule has 0 aliphatic carbocycles. The molecule has 0 saturated heterocycles. The smallest absolute Gasteiger partial charge is 0.129 e. The van der Waals surface area contributed by atoms with E-state index >= 15 is 0 Å². The fraction of sp³-hybridized carbons (Fsp3) is 0.200. The summed E-state index contributed by atoms with van der Waals surface area (Å²) in [5, 5.41) is 3.16. The van der Waals surface area contributed by atoms with E-state index in [9.17, 15) is 4.39 Å². The normalized spacial score (nSPS) is 10.3. The molecule has 0 unspecified atom stereocenters. The van der Waals surface area contributed by atoms with Crippen molar-refractivity contribution in [3.63, 3.8) is 0 Å². The molecule has 3 nitrogen and oxygen atoms in total. The number of rotatable bonds is 5. The summed E-state index contributed by atoms with van der Waals surface area (Å²) < 4.78 is 18.9. The van der Waals surface area contributed by atoms with Crippen LogP contribution in [0.1, 0.15) is 12.5 Å². The van der Waals surface area contributed by atoms with Crippen LogP contribution in [0.5, 0.6) is 5.75 Å². The van der Waals surface area contributed by atoms with Gasteiger partial charge in [0.15, 0.2) is 0 Å². The molecule has 0 spiro atoms. The monoisotopic (exact) mass is 260 g/mol. The van der Waals surface area contributed by atoms with E-state index in [1.807, 2.05) is 37.3 Å². The van der Waals surface area contributed by atoms with E-state index in [1.54, 1.807) is 6.07 Å². The molecule has 3 N–H and O–H groups in total. The largest absolute Gasteiger partial charge is 0.494 e. The highest BCUT2D eigenvalue weighted by Gasteiger charge is 2.06. The van der Waals surface area contributed by atoms with Crippen molar-refractivity contribution in [3.8, 4) is 5.75 Å². The summed E-state index contributed by atoms with van der Waals surface area (Å²) in [6.45, 7) is 2.73. The molecule has 0 heterocycles. The van der Waals surface area contributed by atoms with Crippen LogP contribution in [0.15, 0.2) is 42.5 Å². The number of hydrogen-bond acceptors (Lipinski definition) is 3. The molecule has 0 amide bonds. The molecule has 0 bridgehead atoms. The average molecular weight is 260 g/mol. The first-order valence-electron chi connectivity index (χ1n) is 6.22. The third-order valence-corrected chi connectivity index (χ3v) is 2.77. The van der Waals surface area contributed by atoms with Gasteiger partial charge in [-0.25, -0.2) is 4.39 Å². The Kier molecular flexibility index (Phi) is 4.36. The zero-order valence-electron chi connectivity index (χ0n) is 10.8. The summed E-state index contributed by atoms with van der Waals surface area (Å²) in [6, 6.07) is 12.4. The Morgan fingerprint density at radius 3 is 2.53 bits per heavy atom. The summed E-state index contributed by atoms with van der Waals surface area (Å²) in [5.41, 5.74) is 7.60. The maximum absolute atomic E-state index is 13.6. The molecule has 0 atom stereocenters. The van der Waals surface area contributed by atoms with Gasteiger partial charge in [0.1, 0.15) is 11.6 Å². The van der Waals surface area contributed by atoms with E-state index in [0.29, 0.717) is 17.9 Å². The lowest BCUT2D eigenvalue weighted by atomic mass is 10.1. The molecule has 100 valence electrons. The zero-order valence-corrected chi connectivity index (χ0v) is 10.8. The van der Waals surface area contributed by atoms with Gasteiger partial charge in [0.25, 0.3) is 0 Å². The van der Waals surface area contributed by atoms with Gasteiger partial charge in [-0.15, -0.1) is 0 Å². The average Bonchev–Trinajstić information content (AvgIpc) is 2.42. The Morgan fingerprint density at radius 1 is 1.16 bits per heavy atom. The highest BCUT2D eigenvalue weighted by molar-refractivity contribution is 5.63. The SMILES string of the molecule is CCOc1ccc(Nc2cccc(F)c2CN)cc1. The molecule has 0 saturated carbocycles. The minimum Gasteiger partial charge on any atom is -0.494 e. The molecule has 2 aromatic carbocycles. The Morgan fingerprint density at radius 2 is 1.89 bits per heavy atom. The summed E-state index contributed by atoms with van der Waals surface area (Å²) in [4.78, 5) is 0. The van der Waals surface area contributed by atoms with E-state index in [2.05, 4.69) is 5.32 Å². The number of halogens is 1. The summed E-state index contributed by atoms with van der Waals surface area (Å²) in [7, 11) is 0. The van der Waals surface area contributed by atoms with Gasteiger partial charge in [-0.2, -0.15) is 0 Å². The van der Waals surface area contributed by atoms with Gasteiger partial charge in [-0.3, -0.25) is 0 Å². The molecular formula is C15H17FN2O. The maximum atomic E-state index is 13.6. The number of nitrogens with two attached hydrogens (primary N) is 1. The molecule has 2 aromatic rings. The summed E-state index contributed by atoms with van der Waals surface area (Å²) >= 11 is 0. The van der Waals surface area contributed by atoms with E-state index in [-0.39, 0.29) is 12.4 Å². The van der Waals surface area contributed by atoms with Crippen LogP contribution in [0.3, 0.4) is 0 Å². The molecule has 2 rings (SSSR count). The third-order valence-electron chi connectivity index (χ3n) is 2.77.